The average molecular weight is 301 g/mol. The number of rotatable bonds is 3. The van der Waals surface area contributed by atoms with Crippen LogP contribution in [0.15, 0.2) is 18.5 Å². The Morgan fingerprint density at radius 2 is 1.73 bits per heavy atom. The summed E-state index contributed by atoms with van der Waals surface area (Å²) in [6.07, 6.45) is 3.34. The van der Waals surface area contributed by atoms with Gasteiger partial charge in [-0.2, -0.15) is 4.98 Å². The number of hydrogen-bond acceptors (Lipinski definition) is 6. The third kappa shape index (κ3) is 3.44. The van der Waals surface area contributed by atoms with Gasteiger partial charge in [0.1, 0.15) is 5.75 Å². The van der Waals surface area contributed by atoms with Crippen molar-refractivity contribution in [1.29, 1.82) is 0 Å². The first-order chi connectivity index (χ1) is 10.2. The van der Waals surface area contributed by atoms with Gasteiger partial charge >= 0.3 is 0 Å². The molecule has 0 aliphatic rings. The second kappa shape index (κ2) is 5.79. The molecule has 22 heavy (non-hydrogen) atoms. The molecule has 0 saturated carbocycles. The summed E-state index contributed by atoms with van der Waals surface area (Å²) in [6.45, 7) is 10.5. The van der Waals surface area contributed by atoms with Crippen LogP contribution in [0.1, 0.15) is 51.8 Å². The molecular weight excluding hydrogens is 278 g/mol. The van der Waals surface area contributed by atoms with Gasteiger partial charge in [0.2, 0.25) is 5.95 Å². The van der Waals surface area contributed by atoms with Gasteiger partial charge in [0, 0.05) is 28.9 Å². The summed E-state index contributed by atoms with van der Waals surface area (Å²) in [5, 5.41) is 0. The van der Waals surface area contributed by atoms with E-state index in [4.69, 9.17) is 16.2 Å². The van der Waals surface area contributed by atoms with Gasteiger partial charge in [0.25, 0.3) is 0 Å². The number of aromatic nitrogens is 3. The highest BCUT2D eigenvalue weighted by Gasteiger charge is 2.20. The second-order valence-electron chi connectivity index (χ2n) is 6.59. The molecule has 2 aromatic rings. The highest BCUT2D eigenvalue weighted by Crippen LogP contribution is 2.34. The molecule has 0 unspecified atom stereocenters. The molecule has 0 aliphatic carbocycles. The Balaban J connectivity index is 2.47. The van der Waals surface area contributed by atoms with Crippen LogP contribution in [0.5, 0.6) is 11.5 Å². The van der Waals surface area contributed by atoms with Crippen LogP contribution in [-0.2, 0) is 5.41 Å². The van der Waals surface area contributed by atoms with Crippen LogP contribution in [0.25, 0.3) is 0 Å². The number of pyridine rings is 1. The van der Waals surface area contributed by atoms with Crippen LogP contribution in [0.3, 0.4) is 0 Å². The molecule has 0 saturated heterocycles. The zero-order chi connectivity index (χ0) is 16.5. The Hall–Kier alpha value is -2.37. The van der Waals surface area contributed by atoms with E-state index in [1.54, 1.807) is 0 Å². The van der Waals surface area contributed by atoms with Crippen LogP contribution in [0.4, 0.5) is 11.8 Å². The Morgan fingerprint density at radius 1 is 1.05 bits per heavy atom. The van der Waals surface area contributed by atoms with E-state index in [-0.39, 0.29) is 23.1 Å². The summed E-state index contributed by atoms with van der Waals surface area (Å²) in [6, 6.07) is 1.95. The zero-order valence-corrected chi connectivity index (χ0v) is 13.7. The molecule has 0 aliphatic heterocycles. The van der Waals surface area contributed by atoms with Crippen LogP contribution < -0.4 is 16.2 Å². The summed E-state index contributed by atoms with van der Waals surface area (Å²) in [5.74, 6) is 1.72. The molecule has 6 heteroatoms. The van der Waals surface area contributed by atoms with Crippen molar-refractivity contribution in [1.82, 2.24) is 15.0 Å². The Kier molecular flexibility index (Phi) is 4.21. The van der Waals surface area contributed by atoms with E-state index in [0.29, 0.717) is 5.75 Å². The average Bonchev–Trinajstić information content (AvgIpc) is 2.40. The smallest absolute Gasteiger partial charge is 0.222 e. The van der Waals surface area contributed by atoms with Gasteiger partial charge in [0.15, 0.2) is 11.6 Å². The van der Waals surface area contributed by atoms with E-state index in [0.717, 1.165) is 17.0 Å². The van der Waals surface area contributed by atoms with Crippen molar-refractivity contribution in [3.8, 4) is 11.5 Å². The van der Waals surface area contributed by atoms with Crippen LogP contribution in [0.2, 0.25) is 0 Å². The Bertz CT molecular complexity index is 677. The molecule has 0 spiro atoms. The topological polar surface area (TPSA) is 99.9 Å². The van der Waals surface area contributed by atoms with Gasteiger partial charge in [-0.25, -0.2) is 4.98 Å². The third-order valence-electron chi connectivity index (χ3n) is 3.31. The second-order valence-corrected chi connectivity index (χ2v) is 6.59. The van der Waals surface area contributed by atoms with E-state index >= 15 is 0 Å². The van der Waals surface area contributed by atoms with Gasteiger partial charge in [-0.3, -0.25) is 4.98 Å². The summed E-state index contributed by atoms with van der Waals surface area (Å²) < 4.78 is 5.95. The van der Waals surface area contributed by atoms with Gasteiger partial charge < -0.3 is 16.2 Å². The van der Waals surface area contributed by atoms with E-state index < -0.39 is 0 Å². The number of anilines is 2. The van der Waals surface area contributed by atoms with Crippen LogP contribution >= 0.6 is 0 Å². The molecule has 0 aromatic carbocycles. The monoisotopic (exact) mass is 301 g/mol. The molecular formula is C16H23N5O. The van der Waals surface area contributed by atoms with E-state index in [1.807, 2.05) is 12.3 Å². The summed E-state index contributed by atoms with van der Waals surface area (Å²) in [5.41, 5.74) is 13.2. The minimum Gasteiger partial charge on any atom is -0.451 e. The van der Waals surface area contributed by atoms with Crippen molar-refractivity contribution in [3.63, 3.8) is 0 Å². The molecule has 2 rings (SSSR count). The van der Waals surface area contributed by atoms with E-state index in [2.05, 4.69) is 49.6 Å². The largest absolute Gasteiger partial charge is 0.451 e. The minimum atomic E-state index is -0.0726. The van der Waals surface area contributed by atoms with Gasteiger partial charge in [-0.1, -0.05) is 34.6 Å². The summed E-state index contributed by atoms with van der Waals surface area (Å²) in [7, 11) is 0. The Morgan fingerprint density at radius 3 is 2.27 bits per heavy atom. The maximum absolute atomic E-state index is 5.95. The maximum Gasteiger partial charge on any atom is 0.222 e. The molecule has 0 bridgehead atoms. The molecule has 118 valence electrons. The molecule has 2 heterocycles. The first-order valence-electron chi connectivity index (χ1n) is 7.24. The van der Waals surface area contributed by atoms with Gasteiger partial charge in [0.05, 0.1) is 6.20 Å². The maximum atomic E-state index is 5.95. The van der Waals surface area contributed by atoms with Crippen molar-refractivity contribution in [2.24, 2.45) is 0 Å². The highest BCUT2D eigenvalue weighted by molar-refractivity contribution is 5.50. The molecule has 4 N–H and O–H groups in total. The standard InChI is InChI=1S/C16H23N5O/c1-9(2)10-7-19-13(16(3,4)5)6-11(10)22-12-8-20-15(18)21-14(12)17/h6-9H,1-5H3,(H4,17,18,20,21). The van der Waals surface area contributed by atoms with Crippen molar-refractivity contribution in [2.45, 2.75) is 46.0 Å². The van der Waals surface area contributed by atoms with E-state index in [9.17, 15) is 0 Å². The number of hydrogen-bond donors (Lipinski definition) is 2. The molecule has 0 radical (unpaired) electrons. The fraction of sp³-hybridized carbons (Fsp3) is 0.438. The van der Waals surface area contributed by atoms with Crippen molar-refractivity contribution >= 4 is 11.8 Å². The van der Waals surface area contributed by atoms with Crippen molar-refractivity contribution < 1.29 is 4.74 Å². The lowest BCUT2D eigenvalue weighted by Crippen LogP contribution is -2.14. The molecule has 0 atom stereocenters. The first-order valence-corrected chi connectivity index (χ1v) is 7.24. The van der Waals surface area contributed by atoms with Gasteiger partial charge in [-0.15, -0.1) is 0 Å². The first kappa shape index (κ1) is 16.0. The SMILES string of the molecule is CC(C)c1cnc(C(C)(C)C)cc1Oc1cnc(N)nc1N. The number of nitrogen functional groups attached to an aromatic ring is 2. The summed E-state index contributed by atoms with van der Waals surface area (Å²) >= 11 is 0. The predicted molar refractivity (Wildman–Crippen MR) is 88.0 cm³/mol. The lowest BCUT2D eigenvalue weighted by molar-refractivity contribution is 0.464. The normalized spacial score (nSPS) is 11.7. The quantitative estimate of drug-likeness (QED) is 0.902. The molecule has 0 fully saturated rings. The van der Waals surface area contributed by atoms with Crippen LogP contribution in [-0.4, -0.2) is 15.0 Å². The zero-order valence-electron chi connectivity index (χ0n) is 13.7. The van der Waals surface area contributed by atoms with Crippen molar-refractivity contribution in [3.05, 3.63) is 29.7 Å². The van der Waals surface area contributed by atoms with E-state index in [1.165, 1.54) is 6.20 Å². The molecule has 6 nitrogen and oxygen atoms in total. The molecule has 0 amide bonds. The fourth-order valence-electron chi connectivity index (χ4n) is 1.97. The number of nitrogens with two attached hydrogens (primary N) is 2. The fourth-order valence-corrected chi connectivity index (χ4v) is 1.97. The summed E-state index contributed by atoms with van der Waals surface area (Å²) in [4.78, 5) is 12.4. The third-order valence-corrected chi connectivity index (χ3v) is 3.31. The Labute approximate surface area is 130 Å². The minimum absolute atomic E-state index is 0.0726. The number of ether oxygens (including phenoxy) is 1. The predicted octanol–water partition coefficient (Wildman–Crippen LogP) is 3.25. The lowest BCUT2D eigenvalue weighted by atomic mass is 9.90. The van der Waals surface area contributed by atoms with Crippen LogP contribution in [0, 0.1) is 0 Å². The molecule has 2 aromatic heterocycles. The lowest BCUT2D eigenvalue weighted by Gasteiger charge is -2.21. The highest BCUT2D eigenvalue weighted by atomic mass is 16.5. The van der Waals surface area contributed by atoms with Gasteiger partial charge in [-0.05, 0) is 5.92 Å². The van der Waals surface area contributed by atoms with Crippen molar-refractivity contribution in [2.75, 3.05) is 11.5 Å². The number of nitrogens with zero attached hydrogens (tertiary/aromatic N) is 3.